The number of aromatic nitrogens is 4. The van der Waals surface area contributed by atoms with Gasteiger partial charge in [-0.15, -0.1) is 5.10 Å². The molecular weight excluding hydrogens is 405 g/mol. The van der Waals surface area contributed by atoms with E-state index in [0.29, 0.717) is 15.6 Å². The van der Waals surface area contributed by atoms with Crippen molar-refractivity contribution in [1.29, 1.82) is 0 Å². The van der Waals surface area contributed by atoms with Crippen molar-refractivity contribution in [3.8, 4) is 0 Å². The topological polar surface area (TPSA) is 81.3 Å². The second-order valence-electron chi connectivity index (χ2n) is 6.74. The standard InChI is InChI=1S/C21H18FN5O2S/c1-13-5-3-6-14(2)18(13)24-17(28)12-27-21(29)26-10-9-23-20(19(26)25-27)30-16-8-4-7-15(22)11-16/h3-11H,12H2,1-2H3,(H,24,28). The van der Waals surface area contributed by atoms with Gasteiger partial charge in [0.05, 0.1) is 0 Å². The highest BCUT2D eigenvalue weighted by Gasteiger charge is 2.16. The molecule has 0 saturated heterocycles. The highest BCUT2D eigenvalue weighted by atomic mass is 32.2. The molecule has 0 unspecified atom stereocenters. The van der Waals surface area contributed by atoms with Gasteiger partial charge in [0.2, 0.25) is 5.91 Å². The van der Waals surface area contributed by atoms with Gasteiger partial charge in [0.1, 0.15) is 17.4 Å². The minimum absolute atomic E-state index is 0.238. The molecule has 2 heterocycles. The van der Waals surface area contributed by atoms with Crippen molar-refractivity contribution in [2.75, 3.05) is 5.32 Å². The largest absolute Gasteiger partial charge is 0.350 e. The fraction of sp³-hybridized carbons (Fsp3) is 0.143. The smallest absolute Gasteiger partial charge is 0.324 e. The van der Waals surface area contributed by atoms with Crippen LogP contribution in [0, 0.1) is 19.7 Å². The molecule has 1 N–H and O–H groups in total. The Morgan fingerprint density at radius 3 is 2.63 bits per heavy atom. The van der Waals surface area contributed by atoms with Crippen LogP contribution >= 0.6 is 11.8 Å². The lowest BCUT2D eigenvalue weighted by Gasteiger charge is -2.10. The van der Waals surface area contributed by atoms with E-state index in [-0.39, 0.29) is 18.3 Å². The number of benzene rings is 2. The number of fused-ring (bicyclic) bond motifs is 1. The molecule has 4 rings (SSSR count). The van der Waals surface area contributed by atoms with Gasteiger partial charge >= 0.3 is 5.69 Å². The van der Waals surface area contributed by atoms with E-state index < -0.39 is 5.69 Å². The maximum atomic E-state index is 13.5. The van der Waals surface area contributed by atoms with Crippen LogP contribution in [-0.2, 0) is 11.3 Å². The molecule has 2 aromatic heterocycles. The van der Waals surface area contributed by atoms with Crippen LogP contribution in [0.3, 0.4) is 0 Å². The number of carbonyl (C=O) groups excluding carboxylic acids is 1. The van der Waals surface area contributed by atoms with Gasteiger partial charge in [-0.3, -0.25) is 4.79 Å². The Labute approximate surface area is 175 Å². The van der Waals surface area contributed by atoms with E-state index in [1.165, 1.54) is 40.7 Å². The first-order valence-electron chi connectivity index (χ1n) is 9.16. The molecule has 0 fully saturated rings. The highest BCUT2D eigenvalue weighted by molar-refractivity contribution is 7.99. The molecule has 0 aliphatic heterocycles. The number of amides is 1. The van der Waals surface area contributed by atoms with Crippen LogP contribution in [0.1, 0.15) is 11.1 Å². The van der Waals surface area contributed by atoms with Crippen LogP contribution in [0.15, 0.2) is 69.6 Å². The lowest BCUT2D eigenvalue weighted by atomic mass is 10.1. The van der Waals surface area contributed by atoms with Gasteiger partial charge in [0.15, 0.2) is 5.65 Å². The summed E-state index contributed by atoms with van der Waals surface area (Å²) in [5.41, 5.74) is 2.44. The third kappa shape index (κ3) is 3.97. The number of nitrogens with zero attached hydrogens (tertiary/aromatic N) is 4. The van der Waals surface area contributed by atoms with Crippen molar-refractivity contribution in [2.24, 2.45) is 0 Å². The second kappa shape index (κ2) is 8.11. The Bertz CT molecular complexity index is 1290. The fourth-order valence-electron chi connectivity index (χ4n) is 3.07. The van der Waals surface area contributed by atoms with Crippen LogP contribution in [-0.4, -0.2) is 25.1 Å². The molecule has 1 amide bonds. The van der Waals surface area contributed by atoms with Crippen molar-refractivity contribution in [1.82, 2.24) is 19.2 Å². The Morgan fingerprint density at radius 2 is 1.90 bits per heavy atom. The Kier molecular flexibility index (Phi) is 5.37. The number of hydrogen-bond acceptors (Lipinski definition) is 5. The summed E-state index contributed by atoms with van der Waals surface area (Å²) in [6.45, 7) is 3.57. The first kappa shape index (κ1) is 19.8. The molecule has 9 heteroatoms. The van der Waals surface area contributed by atoms with E-state index in [0.717, 1.165) is 21.5 Å². The molecule has 4 aromatic rings. The predicted octanol–water partition coefficient (Wildman–Crippen LogP) is 3.44. The summed E-state index contributed by atoms with van der Waals surface area (Å²) in [6.07, 6.45) is 2.96. The van der Waals surface area contributed by atoms with Crippen LogP contribution < -0.4 is 11.0 Å². The van der Waals surface area contributed by atoms with Crippen molar-refractivity contribution in [3.05, 3.63) is 82.3 Å². The van der Waals surface area contributed by atoms with Gasteiger partial charge in [-0.05, 0) is 43.2 Å². The molecule has 7 nitrogen and oxygen atoms in total. The van der Waals surface area contributed by atoms with Crippen molar-refractivity contribution >= 4 is 29.0 Å². The average Bonchev–Trinajstić information content (AvgIpc) is 3.02. The molecule has 30 heavy (non-hydrogen) atoms. The van der Waals surface area contributed by atoms with Gasteiger partial charge in [0, 0.05) is 23.0 Å². The Balaban J connectivity index is 1.62. The average molecular weight is 423 g/mol. The molecule has 0 spiro atoms. The van der Waals surface area contributed by atoms with E-state index in [9.17, 15) is 14.0 Å². The number of aryl methyl sites for hydroxylation is 2. The second-order valence-corrected chi connectivity index (χ2v) is 7.80. The minimum Gasteiger partial charge on any atom is -0.324 e. The Hall–Kier alpha value is -3.46. The molecule has 0 aliphatic carbocycles. The van der Waals surface area contributed by atoms with Crippen LogP contribution in [0.2, 0.25) is 0 Å². The number of halogens is 1. The number of carbonyl (C=O) groups is 1. The lowest BCUT2D eigenvalue weighted by Crippen LogP contribution is -2.28. The summed E-state index contributed by atoms with van der Waals surface area (Å²) in [6, 6.07) is 11.8. The SMILES string of the molecule is Cc1cccc(C)c1NC(=O)Cn1nc2c(Sc3cccc(F)c3)nccn2c1=O. The summed E-state index contributed by atoms with van der Waals surface area (Å²) in [5, 5.41) is 7.57. The quantitative estimate of drug-likeness (QED) is 0.532. The van der Waals surface area contributed by atoms with Gasteiger partial charge < -0.3 is 5.32 Å². The number of hydrogen-bond donors (Lipinski definition) is 1. The molecule has 0 saturated carbocycles. The monoisotopic (exact) mass is 423 g/mol. The molecule has 0 atom stereocenters. The number of para-hydroxylation sites is 1. The molecule has 0 aliphatic rings. The molecule has 0 bridgehead atoms. The summed E-state index contributed by atoms with van der Waals surface area (Å²) >= 11 is 1.19. The minimum atomic E-state index is -0.454. The molecular formula is C21H18FN5O2S. The summed E-state index contributed by atoms with van der Waals surface area (Å²) < 4.78 is 15.9. The maximum Gasteiger partial charge on any atom is 0.350 e. The fourth-order valence-corrected chi connectivity index (χ4v) is 3.95. The third-order valence-electron chi connectivity index (χ3n) is 4.52. The van der Waals surface area contributed by atoms with Gasteiger partial charge in [-0.2, -0.15) is 0 Å². The van der Waals surface area contributed by atoms with Crippen LogP contribution in [0.25, 0.3) is 5.65 Å². The van der Waals surface area contributed by atoms with Crippen molar-refractivity contribution < 1.29 is 9.18 Å². The summed E-state index contributed by atoms with van der Waals surface area (Å²) in [4.78, 5) is 30.1. The summed E-state index contributed by atoms with van der Waals surface area (Å²) in [7, 11) is 0. The zero-order chi connectivity index (χ0) is 21.3. The summed E-state index contributed by atoms with van der Waals surface area (Å²) in [5.74, 6) is -0.719. The molecule has 0 radical (unpaired) electrons. The normalized spacial score (nSPS) is 11.0. The lowest BCUT2D eigenvalue weighted by molar-refractivity contribution is -0.117. The number of nitrogens with one attached hydrogen (secondary N) is 1. The molecule has 152 valence electrons. The number of anilines is 1. The maximum absolute atomic E-state index is 13.5. The third-order valence-corrected chi connectivity index (χ3v) is 5.49. The van der Waals surface area contributed by atoms with Crippen LogP contribution in [0.4, 0.5) is 10.1 Å². The van der Waals surface area contributed by atoms with E-state index in [4.69, 9.17) is 0 Å². The van der Waals surface area contributed by atoms with E-state index in [1.807, 2.05) is 32.0 Å². The van der Waals surface area contributed by atoms with Crippen molar-refractivity contribution in [3.63, 3.8) is 0 Å². The first-order valence-corrected chi connectivity index (χ1v) is 9.97. The van der Waals surface area contributed by atoms with Gasteiger partial charge in [-0.1, -0.05) is 36.0 Å². The van der Waals surface area contributed by atoms with E-state index in [1.54, 1.807) is 12.1 Å². The van der Waals surface area contributed by atoms with Gasteiger partial charge in [0.25, 0.3) is 0 Å². The predicted molar refractivity (Wildman–Crippen MR) is 112 cm³/mol. The van der Waals surface area contributed by atoms with E-state index >= 15 is 0 Å². The highest BCUT2D eigenvalue weighted by Crippen LogP contribution is 2.28. The number of rotatable bonds is 5. The van der Waals surface area contributed by atoms with E-state index in [2.05, 4.69) is 15.4 Å². The zero-order valence-corrected chi connectivity index (χ0v) is 17.1. The van der Waals surface area contributed by atoms with Crippen LogP contribution in [0.5, 0.6) is 0 Å². The van der Waals surface area contributed by atoms with Crippen molar-refractivity contribution in [2.45, 2.75) is 30.3 Å². The Morgan fingerprint density at radius 1 is 1.17 bits per heavy atom. The molecule has 2 aromatic carbocycles. The first-order chi connectivity index (χ1) is 14.4. The zero-order valence-electron chi connectivity index (χ0n) is 16.3. The van der Waals surface area contributed by atoms with Gasteiger partial charge in [-0.25, -0.2) is 23.3 Å².